The highest BCUT2D eigenvalue weighted by Gasteiger charge is 2.29. The first kappa shape index (κ1) is 14.6. The largest absolute Gasteiger partial charge is 0.333 e. The third-order valence-corrected chi connectivity index (χ3v) is 4.09. The van der Waals surface area contributed by atoms with Gasteiger partial charge in [-0.1, -0.05) is 6.07 Å². The van der Waals surface area contributed by atoms with Crippen molar-refractivity contribution in [2.24, 2.45) is 0 Å². The third-order valence-electron chi connectivity index (χ3n) is 4.09. The van der Waals surface area contributed by atoms with Gasteiger partial charge in [-0.2, -0.15) is 0 Å². The van der Waals surface area contributed by atoms with Crippen molar-refractivity contribution in [1.29, 1.82) is 0 Å². The molecule has 1 fully saturated rings. The first-order chi connectivity index (χ1) is 10.6. The maximum atomic E-state index is 12.5. The molecular weight excluding hydrogens is 278 g/mol. The van der Waals surface area contributed by atoms with Gasteiger partial charge in [0, 0.05) is 31.2 Å². The molecule has 0 radical (unpaired) electrons. The maximum absolute atomic E-state index is 12.5. The van der Waals surface area contributed by atoms with E-state index in [-0.39, 0.29) is 12.1 Å². The van der Waals surface area contributed by atoms with Crippen molar-refractivity contribution < 1.29 is 4.79 Å². The van der Waals surface area contributed by atoms with Gasteiger partial charge in [0.1, 0.15) is 11.6 Å². The third kappa shape index (κ3) is 3.10. The molecule has 1 aliphatic rings. The lowest BCUT2D eigenvalue weighted by Gasteiger charge is -2.25. The van der Waals surface area contributed by atoms with Crippen molar-refractivity contribution >= 4 is 11.8 Å². The van der Waals surface area contributed by atoms with Crippen molar-refractivity contribution in [3.8, 4) is 0 Å². The zero-order chi connectivity index (χ0) is 15.5. The molecule has 6 nitrogen and oxygen atoms in total. The van der Waals surface area contributed by atoms with Crippen LogP contribution in [0.4, 0.5) is 10.6 Å². The monoisotopic (exact) mass is 299 g/mol. The fourth-order valence-corrected chi connectivity index (χ4v) is 2.91. The Morgan fingerprint density at radius 1 is 1.41 bits per heavy atom. The number of likely N-dealkylation sites (tertiary alicyclic amines) is 1. The Morgan fingerprint density at radius 2 is 2.27 bits per heavy atom. The summed E-state index contributed by atoms with van der Waals surface area (Å²) in [4.78, 5) is 23.0. The number of aryl methyl sites for hydroxylation is 2. The van der Waals surface area contributed by atoms with Crippen molar-refractivity contribution in [3.63, 3.8) is 0 Å². The van der Waals surface area contributed by atoms with E-state index in [9.17, 15) is 4.79 Å². The van der Waals surface area contributed by atoms with Gasteiger partial charge in [0.2, 0.25) is 0 Å². The lowest BCUT2D eigenvalue weighted by Crippen LogP contribution is -2.41. The van der Waals surface area contributed by atoms with Gasteiger partial charge in [-0.05, 0) is 38.8 Å². The van der Waals surface area contributed by atoms with Gasteiger partial charge in [-0.3, -0.25) is 5.32 Å². The summed E-state index contributed by atoms with van der Waals surface area (Å²) in [6, 6.07) is 5.76. The minimum atomic E-state index is -0.0710. The van der Waals surface area contributed by atoms with E-state index in [0.717, 1.165) is 37.4 Å². The van der Waals surface area contributed by atoms with E-state index in [0.29, 0.717) is 5.82 Å². The van der Waals surface area contributed by atoms with Gasteiger partial charge in [-0.25, -0.2) is 14.8 Å². The van der Waals surface area contributed by atoms with Gasteiger partial charge in [0.15, 0.2) is 0 Å². The Bertz CT molecular complexity index is 666. The lowest BCUT2D eigenvalue weighted by molar-refractivity contribution is 0.200. The fraction of sp³-hybridized carbons (Fsp3) is 0.438. The summed E-state index contributed by atoms with van der Waals surface area (Å²) in [5.74, 6) is 1.59. The molecular formula is C16H21N5O. The Morgan fingerprint density at radius 3 is 3.00 bits per heavy atom. The molecule has 1 N–H and O–H groups in total. The van der Waals surface area contributed by atoms with Crippen LogP contribution >= 0.6 is 0 Å². The van der Waals surface area contributed by atoms with Crippen LogP contribution in [-0.4, -0.2) is 38.1 Å². The van der Waals surface area contributed by atoms with Crippen molar-refractivity contribution in [1.82, 2.24) is 19.4 Å². The molecule has 0 bridgehead atoms. The molecule has 22 heavy (non-hydrogen) atoms. The van der Waals surface area contributed by atoms with Crippen molar-refractivity contribution in [2.45, 2.75) is 39.3 Å². The van der Waals surface area contributed by atoms with E-state index < -0.39 is 0 Å². The minimum Gasteiger partial charge on any atom is -0.333 e. The summed E-state index contributed by atoms with van der Waals surface area (Å²) in [5.41, 5.74) is 0.893. The van der Waals surface area contributed by atoms with Crippen molar-refractivity contribution in [2.75, 3.05) is 11.9 Å². The summed E-state index contributed by atoms with van der Waals surface area (Å²) < 4.78 is 2.10. The molecule has 6 heteroatoms. The molecule has 1 unspecified atom stereocenters. The van der Waals surface area contributed by atoms with Crippen LogP contribution in [0, 0.1) is 13.8 Å². The van der Waals surface area contributed by atoms with Crippen LogP contribution < -0.4 is 5.32 Å². The molecule has 2 aromatic heterocycles. The number of carbonyl (C=O) groups is 1. The predicted octanol–water partition coefficient (Wildman–Crippen LogP) is 2.59. The highest BCUT2D eigenvalue weighted by atomic mass is 16.2. The van der Waals surface area contributed by atoms with Crippen molar-refractivity contribution in [3.05, 3.63) is 42.1 Å². The van der Waals surface area contributed by atoms with Crippen LogP contribution in [0.3, 0.4) is 0 Å². The van der Waals surface area contributed by atoms with Gasteiger partial charge in [-0.15, -0.1) is 0 Å². The summed E-state index contributed by atoms with van der Waals surface area (Å²) >= 11 is 0. The number of rotatable bonds is 3. The normalized spacial score (nSPS) is 17.7. The number of pyridine rings is 1. The molecule has 1 atom stereocenters. The maximum Gasteiger partial charge on any atom is 0.323 e. The Labute approximate surface area is 130 Å². The van der Waals surface area contributed by atoms with E-state index in [1.54, 1.807) is 6.20 Å². The second kappa shape index (κ2) is 6.17. The molecule has 2 amide bonds. The number of hydrogen-bond acceptors (Lipinski definition) is 3. The number of hydrogen-bond donors (Lipinski definition) is 1. The minimum absolute atomic E-state index is 0.0710. The van der Waals surface area contributed by atoms with Crippen LogP contribution in [0.15, 0.2) is 30.6 Å². The Kier molecular flexibility index (Phi) is 4.09. The molecule has 116 valence electrons. The molecule has 3 rings (SSSR count). The molecule has 1 aliphatic heterocycles. The summed E-state index contributed by atoms with van der Waals surface area (Å²) in [5, 5.41) is 2.90. The molecule has 2 aromatic rings. The zero-order valence-electron chi connectivity index (χ0n) is 13.0. The standard InChI is InChI=1S/C16H21N5O/c1-12-5-3-7-15(18-12)19-16(22)21-9-4-6-14(21)11-20-10-8-17-13(20)2/h3,5,7-8,10,14H,4,6,9,11H2,1-2H3,(H,18,19,22). The lowest BCUT2D eigenvalue weighted by atomic mass is 10.2. The van der Waals surface area contributed by atoms with Crippen LogP contribution in [0.5, 0.6) is 0 Å². The quantitative estimate of drug-likeness (QED) is 0.947. The molecule has 0 saturated carbocycles. The zero-order valence-corrected chi connectivity index (χ0v) is 13.0. The van der Waals surface area contributed by atoms with Gasteiger partial charge in [0.05, 0.1) is 6.04 Å². The second-order valence-corrected chi connectivity index (χ2v) is 5.71. The van der Waals surface area contributed by atoms with E-state index in [4.69, 9.17) is 0 Å². The number of imidazole rings is 1. The van der Waals surface area contributed by atoms with E-state index in [1.165, 1.54) is 0 Å². The van der Waals surface area contributed by atoms with Crippen LogP contribution in [0.25, 0.3) is 0 Å². The highest BCUT2D eigenvalue weighted by Crippen LogP contribution is 2.20. The molecule has 0 aliphatic carbocycles. The molecule has 1 saturated heterocycles. The average molecular weight is 299 g/mol. The second-order valence-electron chi connectivity index (χ2n) is 5.71. The fourth-order valence-electron chi connectivity index (χ4n) is 2.91. The van der Waals surface area contributed by atoms with Gasteiger partial charge in [0.25, 0.3) is 0 Å². The molecule has 0 spiro atoms. The van der Waals surface area contributed by atoms with Gasteiger partial charge < -0.3 is 9.47 Å². The number of nitrogens with zero attached hydrogens (tertiary/aromatic N) is 4. The number of anilines is 1. The first-order valence-corrected chi connectivity index (χ1v) is 7.62. The van der Waals surface area contributed by atoms with Crippen LogP contribution in [0.1, 0.15) is 24.4 Å². The molecule has 3 heterocycles. The number of aromatic nitrogens is 3. The number of amides is 2. The number of nitrogens with one attached hydrogen (secondary N) is 1. The van der Waals surface area contributed by atoms with E-state index in [2.05, 4.69) is 19.9 Å². The Balaban J connectivity index is 1.67. The smallest absolute Gasteiger partial charge is 0.323 e. The summed E-state index contributed by atoms with van der Waals surface area (Å²) in [6.45, 7) is 5.47. The first-order valence-electron chi connectivity index (χ1n) is 7.62. The van der Waals surface area contributed by atoms with Crippen LogP contribution in [0.2, 0.25) is 0 Å². The van der Waals surface area contributed by atoms with E-state index in [1.807, 2.05) is 43.1 Å². The topological polar surface area (TPSA) is 63.1 Å². The van der Waals surface area contributed by atoms with Gasteiger partial charge >= 0.3 is 6.03 Å². The summed E-state index contributed by atoms with van der Waals surface area (Å²) in [7, 11) is 0. The predicted molar refractivity (Wildman–Crippen MR) is 84.7 cm³/mol. The van der Waals surface area contributed by atoms with Crippen LogP contribution in [-0.2, 0) is 6.54 Å². The number of carbonyl (C=O) groups excluding carboxylic acids is 1. The Hall–Kier alpha value is -2.37. The highest BCUT2D eigenvalue weighted by molar-refractivity contribution is 5.88. The SMILES string of the molecule is Cc1cccc(NC(=O)N2CCCC2Cn2ccnc2C)n1. The van der Waals surface area contributed by atoms with E-state index >= 15 is 0 Å². The average Bonchev–Trinajstić information content (AvgIpc) is 3.09. The number of urea groups is 1. The summed E-state index contributed by atoms with van der Waals surface area (Å²) in [6.07, 6.45) is 5.82. The molecule has 0 aromatic carbocycles.